The SMILES string of the molecule is CCC1C(=O)NC(C)C(=O)N1CCc1cccc(F)c1. The molecule has 1 saturated heterocycles. The first-order chi connectivity index (χ1) is 9.52. The van der Waals surface area contributed by atoms with Gasteiger partial charge in [0.2, 0.25) is 11.8 Å². The molecular weight excluding hydrogens is 259 g/mol. The molecule has 0 saturated carbocycles. The maximum atomic E-state index is 13.1. The summed E-state index contributed by atoms with van der Waals surface area (Å²) in [6, 6.07) is 5.40. The smallest absolute Gasteiger partial charge is 0.245 e. The van der Waals surface area contributed by atoms with Crippen molar-refractivity contribution in [2.45, 2.75) is 38.8 Å². The number of carbonyl (C=O) groups excluding carboxylic acids is 2. The Morgan fingerprint density at radius 3 is 2.75 bits per heavy atom. The summed E-state index contributed by atoms with van der Waals surface area (Å²) in [5, 5.41) is 2.68. The molecule has 1 aromatic rings. The molecule has 0 spiro atoms. The fraction of sp³-hybridized carbons (Fsp3) is 0.467. The number of carbonyl (C=O) groups is 2. The van der Waals surface area contributed by atoms with Crippen LogP contribution in [-0.2, 0) is 16.0 Å². The molecule has 20 heavy (non-hydrogen) atoms. The van der Waals surface area contributed by atoms with Gasteiger partial charge in [-0.05, 0) is 37.5 Å². The number of benzene rings is 1. The third-order valence-electron chi connectivity index (χ3n) is 3.61. The second kappa shape index (κ2) is 6.03. The summed E-state index contributed by atoms with van der Waals surface area (Å²) in [6.07, 6.45) is 1.12. The maximum Gasteiger partial charge on any atom is 0.245 e. The number of hydrogen-bond acceptors (Lipinski definition) is 2. The highest BCUT2D eigenvalue weighted by Crippen LogP contribution is 2.14. The molecule has 0 aromatic heterocycles. The highest BCUT2D eigenvalue weighted by Gasteiger charge is 2.36. The van der Waals surface area contributed by atoms with Gasteiger partial charge in [-0.15, -0.1) is 0 Å². The molecule has 2 unspecified atom stereocenters. The van der Waals surface area contributed by atoms with Crippen LogP contribution in [0.25, 0.3) is 0 Å². The fourth-order valence-corrected chi connectivity index (χ4v) is 2.53. The lowest BCUT2D eigenvalue weighted by Crippen LogP contribution is -2.62. The van der Waals surface area contributed by atoms with E-state index >= 15 is 0 Å². The van der Waals surface area contributed by atoms with Gasteiger partial charge in [0.25, 0.3) is 0 Å². The van der Waals surface area contributed by atoms with Gasteiger partial charge >= 0.3 is 0 Å². The first-order valence-electron chi connectivity index (χ1n) is 6.88. The van der Waals surface area contributed by atoms with Crippen molar-refractivity contribution >= 4 is 11.8 Å². The molecule has 108 valence electrons. The van der Waals surface area contributed by atoms with Crippen molar-refractivity contribution in [1.29, 1.82) is 0 Å². The van der Waals surface area contributed by atoms with Gasteiger partial charge in [0, 0.05) is 6.54 Å². The Bertz CT molecular complexity index is 518. The largest absolute Gasteiger partial charge is 0.343 e. The Hall–Kier alpha value is -1.91. The van der Waals surface area contributed by atoms with Gasteiger partial charge in [-0.25, -0.2) is 4.39 Å². The topological polar surface area (TPSA) is 49.4 Å². The van der Waals surface area contributed by atoms with E-state index in [0.717, 1.165) is 5.56 Å². The zero-order valence-electron chi connectivity index (χ0n) is 11.7. The molecule has 0 radical (unpaired) electrons. The Morgan fingerprint density at radius 1 is 1.35 bits per heavy atom. The van der Waals surface area contributed by atoms with Gasteiger partial charge in [-0.1, -0.05) is 19.1 Å². The van der Waals surface area contributed by atoms with Crippen molar-refractivity contribution in [3.8, 4) is 0 Å². The van der Waals surface area contributed by atoms with Crippen LogP contribution < -0.4 is 5.32 Å². The van der Waals surface area contributed by atoms with Crippen molar-refractivity contribution < 1.29 is 14.0 Å². The summed E-state index contributed by atoms with van der Waals surface area (Å²) in [7, 11) is 0. The number of nitrogens with zero attached hydrogens (tertiary/aromatic N) is 1. The lowest BCUT2D eigenvalue weighted by molar-refractivity contribution is -0.148. The van der Waals surface area contributed by atoms with Gasteiger partial charge in [-0.3, -0.25) is 9.59 Å². The maximum absolute atomic E-state index is 13.1. The molecule has 1 heterocycles. The fourth-order valence-electron chi connectivity index (χ4n) is 2.53. The Balaban J connectivity index is 2.08. The quantitative estimate of drug-likeness (QED) is 0.907. The molecule has 1 aliphatic rings. The van der Waals surface area contributed by atoms with Crippen molar-refractivity contribution in [1.82, 2.24) is 10.2 Å². The molecule has 5 heteroatoms. The predicted molar refractivity (Wildman–Crippen MR) is 73.5 cm³/mol. The van der Waals surface area contributed by atoms with Crippen LogP contribution in [0.5, 0.6) is 0 Å². The molecule has 0 aliphatic carbocycles. The van der Waals surface area contributed by atoms with Crippen molar-refractivity contribution in [2.75, 3.05) is 6.54 Å². The van der Waals surface area contributed by atoms with Gasteiger partial charge in [0.05, 0.1) is 0 Å². The zero-order valence-corrected chi connectivity index (χ0v) is 11.7. The van der Waals surface area contributed by atoms with E-state index in [1.54, 1.807) is 17.9 Å². The van der Waals surface area contributed by atoms with E-state index in [0.29, 0.717) is 19.4 Å². The van der Waals surface area contributed by atoms with Gasteiger partial charge in [0.1, 0.15) is 17.9 Å². The van der Waals surface area contributed by atoms with Crippen LogP contribution in [0.3, 0.4) is 0 Å². The molecule has 1 aromatic carbocycles. The number of halogens is 1. The predicted octanol–water partition coefficient (Wildman–Crippen LogP) is 1.49. The van der Waals surface area contributed by atoms with Crippen LogP contribution in [0.1, 0.15) is 25.8 Å². The Kier molecular flexibility index (Phi) is 4.37. The summed E-state index contributed by atoms with van der Waals surface area (Å²) in [5.41, 5.74) is 0.825. The summed E-state index contributed by atoms with van der Waals surface area (Å²) in [6.45, 7) is 3.99. The minimum Gasteiger partial charge on any atom is -0.343 e. The summed E-state index contributed by atoms with van der Waals surface area (Å²) in [5.74, 6) is -0.475. The number of hydrogen-bond donors (Lipinski definition) is 1. The third kappa shape index (κ3) is 2.98. The van der Waals surface area contributed by atoms with Crippen molar-refractivity contribution in [3.63, 3.8) is 0 Å². The standard InChI is InChI=1S/C15H19FN2O2/c1-3-13-14(19)17-10(2)15(20)18(13)8-7-11-5-4-6-12(16)9-11/h4-6,9-10,13H,3,7-8H2,1-2H3,(H,17,19). The van der Waals surface area contributed by atoms with Crippen LogP contribution in [0.2, 0.25) is 0 Å². The van der Waals surface area contributed by atoms with Crippen molar-refractivity contribution in [2.24, 2.45) is 0 Å². The van der Waals surface area contributed by atoms with Crippen LogP contribution >= 0.6 is 0 Å². The average Bonchev–Trinajstić information content (AvgIpc) is 2.41. The van der Waals surface area contributed by atoms with Gasteiger partial charge in [0.15, 0.2) is 0 Å². The molecule has 2 rings (SSSR count). The molecule has 0 bridgehead atoms. The van der Waals surface area contributed by atoms with Crippen LogP contribution in [0, 0.1) is 5.82 Å². The highest BCUT2D eigenvalue weighted by molar-refractivity contribution is 5.96. The van der Waals surface area contributed by atoms with Crippen LogP contribution in [0.15, 0.2) is 24.3 Å². The summed E-state index contributed by atoms with van der Waals surface area (Å²) < 4.78 is 13.1. The van der Waals surface area contributed by atoms with E-state index in [9.17, 15) is 14.0 Å². The number of piperazine rings is 1. The minimum absolute atomic E-state index is 0.0761. The molecule has 4 nitrogen and oxygen atoms in total. The normalized spacial score (nSPS) is 22.9. The molecule has 1 N–H and O–H groups in total. The molecule has 1 fully saturated rings. The highest BCUT2D eigenvalue weighted by atomic mass is 19.1. The van der Waals surface area contributed by atoms with Crippen LogP contribution in [0.4, 0.5) is 4.39 Å². The van der Waals surface area contributed by atoms with E-state index in [2.05, 4.69) is 5.32 Å². The number of amides is 2. The van der Waals surface area contributed by atoms with Gasteiger partial charge in [-0.2, -0.15) is 0 Å². The van der Waals surface area contributed by atoms with Crippen LogP contribution in [-0.4, -0.2) is 35.3 Å². The van der Waals surface area contributed by atoms with E-state index in [1.165, 1.54) is 12.1 Å². The molecule has 2 amide bonds. The van der Waals surface area contributed by atoms with E-state index in [4.69, 9.17) is 0 Å². The summed E-state index contributed by atoms with van der Waals surface area (Å²) in [4.78, 5) is 25.7. The van der Waals surface area contributed by atoms with E-state index in [-0.39, 0.29) is 17.6 Å². The lowest BCUT2D eigenvalue weighted by Gasteiger charge is -2.37. The second-order valence-corrected chi connectivity index (χ2v) is 5.07. The minimum atomic E-state index is -0.488. The Labute approximate surface area is 118 Å². The van der Waals surface area contributed by atoms with E-state index in [1.807, 2.05) is 13.0 Å². The zero-order chi connectivity index (χ0) is 14.7. The first-order valence-corrected chi connectivity index (χ1v) is 6.88. The first kappa shape index (κ1) is 14.5. The van der Waals surface area contributed by atoms with Gasteiger partial charge < -0.3 is 10.2 Å². The Morgan fingerprint density at radius 2 is 2.10 bits per heavy atom. The molecular formula is C15H19FN2O2. The monoisotopic (exact) mass is 278 g/mol. The second-order valence-electron chi connectivity index (χ2n) is 5.07. The van der Waals surface area contributed by atoms with Crippen molar-refractivity contribution in [3.05, 3.63) is 35.6 Å². The lowest BCUT2D eigenvalue weighted by atomic mass is 10.0. The number of nitrogens with one attached hydrogen (secondary N) is 1. The third-order valence-corrected chi connectivity index (χ3v) is 3.61. The molecule has 1 aliphatic heterocycles. The van der Waals surface area contributed by atoms with E-state index < -0.39 is 12.1 Å². The average molecular weight is 278 g/mol. The summed E-state index contributed by atoms with van der Waals surface area (Å²) >= 11 is 0. The molecule has 2 atom stereocenters. The number of rotatable bonds is 4.